The molecule has 1 aromatic rings. The Hall–Kier alpha value is 0.0500. The zero-order valence-electron chi connectivity index (χ0n) is 12.7. The molecule has 21 heavy (non-hydrogen) atoms. The molecular formula is C15H25BrIN3S. The molecule has 0 aromatic heterocycles. The van der Waals surface area contributed by atoms with E-state index in [0.29, 0.717) is 6.54 Å². The molecule has 0 amide bonds. The second kappa shape index (κ2) is 13.7. The number of guanidine groups is 1. The van der Waals surface area contributed by atoms with E-state index in [1.807, 2.05) is 23.9 Å². The Kier molecular flexibility index (Phi) is 13.7. The second-order valence-corrected chi connectivity index (χ2v) is 6.35. The molecule has 0 bridgehead atoms. The van der Waals surface area contributed by atoms with Gasteiger partial charge in [0.2, 0.25) is 0 Å². The van der Waals surface area contributed by atoms with E-state index in [0.717, 1.165) is 23.5 Å². The molecule has 0 unspecified atom stereocenters. The van der Waals surface area contributed by atoms with Gasteiger partial charge >= 0.3 is 0 Å². The Balaban J connectivity index is 0.00000400. The number of thioether (sulfide) groups is 1. The van der Waals surface area contributed by atoms with E-state index >= 15 is 0 Å². The number of halogens is 2. The van der Waals surface area contributed by atoms with Gasteiger partial charge in [-0.05, 0) is 49.5 Å². The normalized spacial score (nSPS) is 10.9. The molecule has 1 aromatic carbocycles. The molecule has 0 aliphatic carbocycles. The third-order valence-electron chi connectivity index (χ3n) is 2.72. The lowest BCUT2D eigenvalue weighted by Gasteiger charge is -2.11. The van der Waals surface area contributed by atoms with Crippen LogP contribution in [0.25, 0.3) is 0 Å². The van der Waals surface area contributed by atoms with Gasteiger partial charge in [-0.3, -0.25) is 0 Å². The average Bonchev–Trinajstić information content (AvgIpc) is 2.44. The number of aliphatic imine (C=N–C) groups is 1. The van der Waals surface area contributed by atoms with E-state index in [9.17, 15) is 0 Å². The summed E-state index contributed by atoms with van der Waals surface area (Å²) in [4.78, 5) is 4.61. The maximum absolute atomic E-state index is 4.61. The van der Waals surface area contributed by atoms with Gasteiger partial charge in [-0.15, -0.1) is 24.0 Å². The summed E-state index contributed by atoms with van der Waals surface area (Å²) in [6.45, 7) is 4.64. The Bertz CT molecular complexity index is 416. The second-order valence-electron chi connectivity index (χ2n) is 4.45. The van der Waals surface area contributed by atoms with Gasteiger partial charge in [0.25, 0.3) is 0 Å². The SMILES string of the molecule is CCNC(=NCc1cccc(Br)c1)NCCCCSC.I. The molecule has 0 saturated heterocycles. The van der Waals surface area contributed by atoms with Crippen LogP contribution in [0.1, 0.15) is 25.3 Å². The number of rotatable bonds is 8. The molecule has 3 nitrogen and oxygen atoms in total. The summed E-state index contributed by atoms with van der Waals surface area (Å²) in [7, 11) is 0. The van der Waals surface area contributed by atoms with Crippen LogP contribution in [0.15, 0.2) is 33.7 Å². The van der Waals surface area contributed by atoms with Crippen LogP contribution in [0, 0.1) is 0 Å². The van der Waals surface area contributed by atoms with Crippen molar-refractivity contribution in [3.63, 3.8) is 0 Å². The predicted molar refractivity (Wildman–Crippen MR) is 110 cm³/mol. The Morgan fingerprint density at radius 2 is 2.10 bits per heavy atom. The van der Waals surface area contributed by atoms with Crippen LogP contribution in [0.2, 0.25) is 0 Å². The minimum atomic E-state index is 0. The molecule has 0 aliphatic rings. The lowest BCUT2D eigenvalue weighted by molar-refractivity contribution is 0.734. The highest BCUT2D eigenvalue weighted by atomic mass is 127. The van der Waals surface area contributed by atoms with E-state index in [4.69, 9.17) is 0 Å². The van der Waals surface area contributed by atoms with Crippen LogP contribution in [-0.2, 0) is 6.54 Å². The molecule has 120 valence electrons. The zero-order valence-corrected chi connectivity index (χ0v) is 17.4. The Labute approximate surface area is 158 Å². The van der Waals surface area contributed by atoms with Crippen molar-refractivity contribution < 1.29 is 0 Å². The van der Waals surface area contributed by atoms with Gasteiger partial charge in [-0.25, -0.2) is 4.99 Å². The van der Waals surface area contributed by atoms with Crippen molar-refractivity contribution in [3.05, 3.63) is 34.3 Å². The molecule has 6 heteroatoms. The third-order valence-corrected chi connectivity index (χ3v) is 3.91. The quantitative estimate of drug-likeness (QED) is 0.250. The van der Waals surface area contributed by atoms with Crippen molar-refractivity contribution >= 4 is 57.6 Å². The summed E-state index contributed by atoms with van der Waals surface area (Å²) in [6.07, 6.45) is 4.58. The number of hydrogen-bond donors (Lipinski definition) is 2. The first-order valence-corrected chi connectivity index (χ1v) is 9.20. The molecule has 0 saturated carbocycles. The predicted octanol–water partition coefficient (Wildman–Crippen LogP) is 4.27. The molecule has 0 fully saturated rings. The standard InChI is InChI=1S/C15H24BrN3S.HI/c1-3-17-15(18-9-4-5-10-20-2)19-12-13-7-6-8-14(16)11-13;/h6-8,11H,3-5,9-10,12H2,1-2H3,(H2,17,18,19);1H. The largest absolute Gasteiger partial charge is 0.357 e. The van der Waals surface area contributed by atoms with Crippen LogP contribution in [0.5, 0.6) is 0 Å². The fourth-order valence-electron chi connectivity index (χ4n) is 1.73. The maximum atomic E-state index is 4.61. The van der Waals surface area contributed by atoms with Crippen molar-refractivity contribution in [2.24, 2.45) is 4.99 Å². The van der Waals surface area contributed by atoms with Crippen molar-refractivity contribution in [2.45, 2.75) is 26.3 Å². The molecule has 2 N–H and O–H groups in total. The summed E-state index contributed by atoms with van der Waals surface area (Å²) in [6, 6.07) is 8.27. The molecule has 1 rings (SSSR count). The Morgan fingerprint density at radius 1 is 1.29 bits per heavy atom. The van der Waals surface area contributed by atoms with Gasteiger partial charge in [-0.2, -0.15) is 11.8 Å². The third kappa shape index (κ3) is 10.4. The van der Waals surface area contributed by atoms with Crippen LogP contribution < -0.4 is 10.6 Å². The van der Waals surface area contributed by atoms with E-state index in [1.165, 1.54) is 24.2 Å². The molecule has 0 aliphatic heterocycles. The summed E-state index contributed by atoms with van der Waals surface area (Å²) in [5.41, 5.74) is 1.21. The first-order valence-electron chi connectivity index (χ1n) is 7.01. The van der Waals surface area contributed by atoms with Crippen LogP contribution in [0.4, 0.5) is 0 Å². The number of unbranched alkanes of at least 4 members (excludes halogenated alkanes) is 1. The molecule has 0 radical (unpaired) electrons. The Morgan fingerprint density at radius 3 is 2.76 bits per heavy atom. The van der Waals surface area contributed by atoms with E-state index in [-0.39, 0.29) is 24.0 Å². The summed E-state index contributed by atoms with van der Waals surface area (Å²) < 4.78 is 1.10. The number of benzene rings is 1. The smallest absolute Gasteiger partial charge is 0.191 e. The maximum Gasteiger partial charge on any atom is 0.191 e. The van der Waals surface area contributed by atoms with Gasteiger partial charge in [-0.1, -0.05) is 28.1 Å². The zero-order chi connectivity index (χ0) is 14.6. The van der Waals surface area contributed by atoms with Crippen molar-refractivity contribution in [1.29, 1.82) is 0 Å². The van der Waals surface area contributed by atoms with E-state index in [1.54, 1.807) is 0 Å². The minimum absolute atomic E-state index is 0. The van der Waals surface area contributed by atoms with Gasteiger partial charge < -0.3 is 10.6 Å². The van der Waals surface area contributed by atoms with Crippen molar-refractivity contribution in [2.75, 3.05) is 25.1 Å². The van der Waals surface area contributed by atoms with Gasteiger partial charge in [0.1, 0.15) is 0 Å². The summed E-state index contributed by atoms with van der Waals surface area (Å²) in [5, 5.41) is 6.66. The average molecular weight is 486 g/mol. The van der Waals surface area contributed by atoms with E-state index < -0.39 is 0 Å². The van der Waals surface area contributed by atoms with Gasteiger partial charge in [0, 0.05) is 17.6 Å². The van der Waals surface area contributed by atoms with E-state index in [2.05, 4.69) is 56.9 Å². The van der Waals surface area contributed by atoms with Gasteiger partial charge in [0.15, 0.2) is 5.96 Å². The number of nitrogens with one attached hydrogen (secondary N) is 2. The molecule has 0 spiro atoms. The summed E-state index contributed by atoms with van der Waals surface area (Å²) >= 11 is 5.39. The molecule has 0 heterocycles. The van der Waals surface area contributed by atoms with Crippen molar-refractivity contribution in [1.82, 2.24) is 10.6 Å². The molecular weight excluding hydrogens is 461 g/mol. The lowest BCUT2D eigenvalue weighted by atomic mass is 10.2. The fraction of sp³-hybridized carbons (Fsp3) is 0.533. The first-order chi connectivity index (χ1) is 9.76. The van der Waals surface area contributed by atoms with Crippen LogP contribution in [0.3, 0.4) is 0 Å². The topological polar surface area (TPSA) is 36.4 Å². The number of nitrogens with zero attached hydrogens (tertiary/aromatic N) is 1. The lowest BCUT2D eigenvalue weighted by Crippen LogP contribution is -2.37. The first kappa shape index (κ1) is 21.0. The highest BCUT2D eigenvalue weighted by Crippen LogP contribution is 2.12. The molecule has 0 atom stereocenters. The minimum Gasteiger partial charge on any atom is -0.357 e. The highest BCUT2D eigenvalue weighted by molar-refractivity contribution is 14.0. The fourth-order valence-corrected chi connectivity index (χ4v) is 2.67. The number of hydrogen-bond acceptors (Lipinski definition) is 2. The van der Waals surface area contributed by atoms with Crippen molar-refractivity contribution in [3.8, 4) is 0 Å². The summed E-state index contributed by atoms with van der Waals surface area (Å²) in [5.74, 6) is 2.13. The van der Waals surface area contributed by atoms with Gasteiger partial charge in [0.05, 0.1) is 6.54 Å². The highest BCUT2D eigenvalue weighted by Gasteiger charge is 1.98. The monoisotopic (exact) mass is 485 g/mol. The van der Waals surface area contributed by atoms with Crippen LogP contribution >= 0.6 is 51.7 Å². The van der Waals surface area contributed by atoms with Crippen LogP contribution in [-0.4, -0.2) is 31.1 Å².